The van der Waals surface area contributed by atoms with Crippen molar-refractivity contribution in [3.05, 3.63) is 64.1 Å². The predicted octanol–water partition coefficient (Wildman–Crippen LogP) is 4.56. The number of sulfonamides is 1. The molecular formula is C21H19F4N3O2S. The Balaban J connectivity index is 2.03. The molecular weight excluding hydrogens is 434 g/mol. The third-order valence-electron chi connectivity index (χ3n) is 4.95. The molecule has 1 atom stereocenters. The number of nitriles is 1. The number of halogens is 4. The van der Waals surface area contributed by atoms with Gasteiger partial charge < -0.3 is 4.98 Å². The lowest BCUT2D eigenvalue weighted by atomic mass is 10.0. The summed E-state index contributed by atoms with van der Waals surface area (Å²) in [7, 11) is -4.50. The molecule has 1 heterocycles. The summed E-state index contributed by atoms with van der Waals surface area (Å²) in [6, 6.07) is 4.46. The summed E-state index contributed by atoms with van der Waals surface area (Å²) in [6.07, 6.45) is -4.46. The van der Waals surface area contributed by atoms with Crippen LogP contribution in [-0.4, -0.2) is 25.6 Å². The highest BCUT2D eigenvalue weighted by atomic mass is 32.2. The van der Waals surface area contributed by atoms with Gasteiger partial charge >= 0.3 is 6.18 Å². The second-order valence-electron chi connectivity index (χ2n) is 7.45. The average Bonchev–Trinajstić information content (AvgIpc) is 3.01. The summed E-state index contributed by atoms with van der Waals surface area (Å²) < 4.78 is 82.7. The number of rotatable bonds is 5. The predicted molar refractivity (Wildman–Crippen MR) is 107 cm³/mol. The maximum Gasteiger partial charge on any atom is 0.405 e. The van der Waals surface area contributed by atoms with Gasteiger partial charge in [0.05, 0.1) is 16.0 Å². The zero-order valence-electron chi connectivity index (χ0n) is 16.9. The van der Waals surface area contributed by atoms with E-state index >= 15 is 0 Å². The van der Waals surface area contributed by atoms with E-state index in [-0.39, 0.29) is 26.9 Å². The van der Waals surface area contributed by atoms with Gasteiger partial charge in [-0.05, 0) is 56.0 Å². The molecule has 0 amide bonds. The summed E-state index contributed by atoms with van der Waals surface area (Å²) in [6.45, 7) is 4.79. The van der Waals surface area contributed by atoms with E-state index in [1.807, 2.05) is 0 Å². The Kier molecular flexibility index (Phi) is 5.86. The Hall–Kier alpha value is -2.90. The van der Waals surface area contributed by atoms with Crippen molar-refractivity contribution < 1.29 is 26.0 Å². The van der Waals surface area contributed by atoms with Crippen molar-refractivity contribution >= 4 is 20.9 Å². The Bertz CT molecular complexity index is 1280. The molecule has 0 saturated heterocycles. The zero-order chi connectivity index (χ0) is 23.1. The number of benzene rings is 2. The van der Waals surface area contributed by atoms with Crippen LogP contribution in [0.4, 0.5) is 17.6 Å². The summed E-state index contributed by atoms with van der Waals surface area (Å²) in [5.41, 5.74) is 1.62. The van der Waals surface area contributed by atoms with Crippen molar-refractivity contribution in [1.29, 1.82) is 5.26 Å². The highest BCUT2D eigenvalue weighted by Gasteiger charge is 2.43. The number of H-pyrrole nitrogens is 1. The molecule has 10 heteroatoms. The zero-order valence-corrected chi connectivity index (χ0v) is 17.7. The first-order valence-electron chi connectivity index (χ1n) is 9.20. The van der Waals surface area contributed by atoms with Crippen LogP contribution in [0.2, 0.25) is 0 Å². The van der Waals surface area contributed by atoms with Crippen molar-refractivity contribution in [2.45, 2.75) is 44.3 Å². The van der Waals surface area contributed by atoms with Gasteiger partial charge in [-0.3, -0.25) is 0 Å². The van der Waals surface area contributed by atoms with E-state index < -0.39 is 34.5 Å². The first-order valence-corrected chi connectivity index (χ1v) is 10.7. The molecule has 164 valence electrons. The van der Waals surface area contributed by atoms with Crippen LogP contribution in [0.3, 0.4) is 0 Å². The van der Waals surface area contributed by atoms with Gasteiger partial charge in [-0.15, -0.1) is 0 Å². The van der Waals surface area contributed by atoms with Gasteiger partial charge in [0.2, 0.25) is 10.0 Å². The van der Waals surface area contributed by atoms with Crippen LogP contribution in [0.25, 0.3) is 10.9 Å². The van der Waals surface area contributed by atoms with Crippen molar-refractivity contribution in [2.24, 2.45) is 0 Å². The molecule has 0 fully saturated rings. The monoisotopic (exact) mass is 453 g/mol. The molecule has 0 radical (unpaired) electrons. The fourth-order valence-corrected chi connectivity index (χ4v) is 5.47. The van der Waals surface area contributed by atoms with E-state index in [4.69, 9.17) is 5.26 Å². The minimum absolute atomic E-state index is 0.0355. The smallest absolute Gasteiger partial charge is 0.360 e. The van der Waals surface area contributed by atoms with Crippen LogP contribution < -0.4 is 4.72 Å². The standard InChI is InChI=1S/C21H19F4N3O2S/c1-11-4-12(2)20(13(3)5-11)31(29,30)28-18(21(23,24)25)7-15-10-27-19-14(9-26)6-16(22)8-17(15)19/h4-6,8,10,18,27-28H,7H2,1-3H3. The quantitative estimate of drug-likeness (QED) is 0.556. The Morgan fingerprint density at radius 1 is 1.13 bits per heavy atom. The average molecular weight is 453 g/mol. The number of hydrogen-bond donors (Lipinski definition) is 2. The molecule has 31 heavy (non-hydrogen) atoms. The summed E-state index contributed by atoms with van der Waals surface area (Å²) in [5.74, 6) is -0.778. The molecule has 0 spiro atoms. The van der Waals surface area contributed by atoms with Gasteiger partial charge in [0.25, 0.3) is 0 Å². The number of nitrogens with zero attached hydrogens (tertiary/aromatic N) is 1. The lowest BCUT2D eigenvalue weighted by molar-refractivity contribution is -0.150. The van der Waals surface area contributed by atoms with E-state index in [9.17, 15) is 26.0 Å². The first kappa shape index (κ1) is 22.8. The van der Waals surface area contributed by atoms with Crippen LogP contribution in [0.1, 0.15) is 27.8 Å². The number of alkyl halides is 3. The van der Waals surface area contributed by atoms with Crippen molar-refractivity contribution in [3.8, 4) is 6.07 Å². The molecule has 1 aromatic heterocycles. The van der Waals surface area contributed by atoms with E-state index in [0.29, 0.717) is 11.1 Å². The molecule has 1 unspecified atom stereocenters. The normalized spacial score (nSPS) is 13.4. The van der Waals surface area contributed by atoms with Gasteiger partial charge in [0.15, 0.2) is 0 Å². The molecule has 0 aliphatic heterocycles. The van der Waals surface area contributed by atoms with Gasteiger partial charge in [0.1, 0.15) is 17.9 Å². The van der Waals surface area contributed by atoms with E-state index in [0.717, 1.165) is 17.7 Å². The van der Waals surface area contributed by atoms with Crippen LogP contribution in [0, 0.1) is 37.9 Å². The molecule has 3 aromatic rings. The topological polar surface area (TPSA) is 85.8 Å². The molecule has 0 saturated carbocycles. The molecule has 3 rings (SSSR count). The Morgan fingerprint density at radius 2 is 1.74 bits per heavy atom. The van der Waals surface area contributed by atoms with Crippen LogP contribution in [0.5, 0.6) is 0 Å². The number of aryl methyl sites for hydroxylation is 3. The van der Waals surface area contributed by atoms with E-state index in [2.05, 4.69) is 4.98 Å². The largest absolute Gasteiger partial charge is 0.405 e. The van der Waals surface area contributed by atoms with Crippen molar-refractivity contribution in [2.75, 3.05) is 0 Å². The van der Waals surface area contributed by atoms with Gasteiger partial charge in [-0.1, -0.05) is 17.7 Å². The van der Waals surface area contributed by atoms with Crippen molar-refractivity contribution in [1.82, 2.24) is 9.71 Å². The van der Waals surface area contributed by atoms with E-state index in [1.54, 1.807) is 29.8 Å². The summed E-state index contributed by atoms with van der Waals surface area (Å²) in [5, 5.41) is 9.21. The SMILES string of the molecule is Cc1cc(C)c(S(=O)(=O)NC(Cc2c[nH]c3c(C#N)cc(F)cc23)C(F)(F)F)c(C)c1. The number of aromatic amines is 1. The molecule has 2 N–H and O–H groups in total. The van der Waals surface area contributed by atoms with Gasteiger partial charge in [-0.2, -0.15) is 23.2 Å². The Labute approximate surface area is 176 Å². The maximum atomic E-state index is 13.8. The van der Waals surface area contributed by atoms with Gasteiger partial charge in [-0.25, -0.2) is 12.8 Å². The second-order valence-corrected chi connectivity index (χ2v) is 9.10. The fraction of sp³-hybridized carbons (Fsp3) is 0.286. The summed E-state index contributed by atoms with van der Waals surface area (Å²) >= 11 is 0. The lowest BCUT2D eigenvalue weighted by Gasteiger charge is -2.23. The second kappa shape index (κ2) is 7.98. The maximum absolute atomic E-state index is 13.8. The van der Waals surface area contributed by atoms with Crippen LogP contribution in [-0.2, 0) is 16.4 Å². The van der Waals surface area contributed by atoms with Crippen molar-refractivity contribution in [3.63, 3.8) is 0 Å². The fourth-order valence-electron chi connectivity index (χ4n) is 3.79. The first-order chi connectivity index (χ1) is 14.3. The van der Waals surface area contributed by atoms with Crippen LogP contribution in [0.15, 0.2) is 35.4 Å². The minimum Gasteiger partial charge on any atom is -0.360 e. The molecule has 2 aromatic carbocycles. The Morgan fingerprint density at radius 3 is 2.29 bits per heavy atom. The third-order valence-corrected chi connectivity index (χ3v) is 6.73. The van der Waals surface area contributed by atoms with E-state index in [1.165, 1.54) is 20.0 Å². The number of fused-ring (bicyclic) bond motifs is 1. The molecule has 0 aliphatic carbocycles. The molecule has 5 nitrogen and oxygen atoms in total. The number of nitrogens with one attached hydrogen (secondary N) is 2. The number of hydrogen-bond acceptors (Lipinski definition) is 3. The molecule has 0 aliphatic rings. The minimum atomic E-state index is -4.91. The molecule has 0 bridgehead atoms. The van der Waals surface area contributed by atoms with Crippen LogP contribution >= 0.6 is 0 Å². The number of aromatic nitrogens is 1. The van der Waals surface area contributed by atoms with Gasteiger partial charge in [0, 0.05) is 11.6 Å². The third kappa shape index (κ3) is 4.57. The highest BCUT2D eigenvalue weighted by molar-refractivity contribution is 7.89. The highest BCUT2D eigenvalue weighted by Crippen LogP contribution is 2.30. The summed E-state index contributed by atoms with van der Waals surface area (Å²) in [4.78, 5) is 2.47. The lowest BCUT2D eigenvalue weighted by Crippen LogP contribution is -2.47.